The average molecular weight is 1120 g/mol. The normalized spacial score (nSPS) is 13.1. The van der Waals surface area contributed by atoms with Gasteiger partial charge >= 0.3 is 11.9 Å². The van der Waals surface area contributed by atoms with Crippen LogP contribution in [0.1, 0.15) is 316 Å². The summed E-state index contributed by atoms with van der Waals surface area (Å²) in [5.74, 6) is -2.27. The van der Waals surface area contributed by atoms with Crippen LogP contribution in [0.3, 0.4) is 0 Å². The Morgan fingerprint density at radius 1 is 0.388 bits per heavy atom. The predicted molar refractivity (Wildman–Crippen MR) is 338 cm³/mol. The fourth-order valence-electron chi connectivity index (χ4n) is 9.86. The minimum absolute atomic E-state index is 0.147. The molecule has 0 aliphatic carbocycles. The molecule has 0 aromatic heterocycles. The maximum Gasteiger partial charge on any atom is 0.306 e. The maximum atomic E-state index is 12.9. The number of quaternary nitrogens is 1. The van der Waals surface area contributed by atoms with Gasteiger partial charge in [-0.25, -0.2) is 0 Å². The molecule has 0 radical (unpaired) electrons. The van der Waals surface area contributed by atoms with E-state index in [1.165, 1.54) is 205 Å². The van der Waals surface area contributed by atoms with E-state index in [9.17, 15) is 19.5 Å². The van der Waals surface area contributed by atoms with Crippen LogP contribution in [-0.2, 0) is 33.3 Å². The third-order valence-electron chi connectivity index (χ3n) is 15.0. The summed E-state index contributed by atoms with van der Waals surface area (Å²) in [6.45, 7) is 4.68. The van der Waals surface area contributed by atoms with Crippen molar-refractivity contribution < 1.29 is 42.9 Å². The lowest BCUT2D eigenvalue weighted by atomic mass is 10.0. The van der Waals surface area contributed by atoms with Gasteiger partial charge in [0.05, 0.1) is 40.3 Å². The number of esters is 2. The van der Waals surface area contributed by atoms with Crippen molar-refractivity contribution in [2.45, 2.75) is 328 Å². The number of aliphatic carboxylic acids is 1. The van der Waals surface area contributed by atoms with Gasteiger partial charge in [0.2, 0.25) is 0 Å². The minimum atomic E-state index is -1.62. The molecule has 0 rings (SSSR count). The molecule has 0 aromatic rings. The molecule has 9 nitrogen and oxygen atoms in total. The topological polar surface area (TPSA) is 111 Å². The molecule has 466 valence electrons. The Bertz CT molecular complexity index is 1500. The molecule has 0 heterocycles. The van der Waals surface area contributed by atoms with Crippen molar-refractivity contribution in [3.05, 3.63) is 60.8 Å². The Morgan fingerprint density at radius 2 is 0.713 bits per heavy atom. The zero-order valence-corrected chi connectivity index (χ0v) is 53.2. The fraction of sp³-hybridized carbons (Fsp3) is 0.817. The molecule has 80 heavy (non-hydrogen) atoms. The summed E-state index contributed by atoms with van der Waals surface area (Å²) >= 11 is 0. The molecule has 2 unspecified atom stereocenters. The van der Waals surface area contributed by atoms with Crippen LogP contribution in [0.4, 0.5) is 0 Å². The van der Waals surface area contributed by atoms with Gasteiger partial charge in [0.1, 0.15) is 13.2 Å². The standard InChI is InChI=1S/C71H129NO8/c1-6-8-10-12-14-16-18-20-22-24-26-28-30-32-34-36-37-39-41-43-45-47-49-51-53-55-57-59-61-68(73)78-65-67(66-79-71(70(75)76)77-64-63-72(3,4)5)80-69(74)62-60-58-56-54-52-50-48-46-44-42-40-38-35-33-31-29-27-25-23-21-19-17-15-13-11-9-7-2/h9,11,15,17,21,23,27,29,33,35,67,71H,6-8,10,12-14,16,18-20,22,24-26,28,30-32,34,36-66H2,1-5H3/b11-9-,17-15-,23-21-,29-27-,35-33-. The summed E-state index contributed by atoms with van der Waals surface area (Å²) in [5, 5.41) is 11.8. The van der Waals surface area contributed by atoms with E-state index in [2.05, 4.69) is 74.6 Å². The zero-order valence-electron chi connectivity index (χ0n) is 53.2. The second kappa shape index (κ2) is 62.0. The Balaban J connectivity index is 4.12. The van der Waals surface area contributed by atoms with Gasteiger partial charge in [-0.1, -0.05) is 306 Å². The molecule has 0 saturated heterocycles. The third-order valence-corrected chi connectivity index (χ3v) is 15.0. The van der Waals surface area contributed by atoms with Gasteiger partial charge in [-0.2, -0.15) is 0 Å². The summed E-state index contributed by atoms with van der Waals surface area (Å²) in [7, 11) is 5.93. The molecule has 0 aliphatic heterocycles. The molecule has 0 amide bonds. The van der Waals surface area contributed by atoms with Crippen molar-refractivity contribution in [2.24, 2.45) is 0 Å². The van der Waals surface area contributed by atoms with Crippen LogP contribution in [0, 0.1) is 0 Å². The first-order valence-corrected chi connectivity index (χ1v) is 33.9. The van der Waals surface area contributed by atoms with Crippen molar-refractivity contribution in [1.29, 1.82) is 0 Å². The Kier molecular flexibility index (Phi) is 59.7. The molecule has 0 aromatic carbocycles. The number of unbranched alkanes of at least 4 members (excludes halogenated alkanes) is 38. The lowest BCUT2D eigenvalue weighted by molar-refractivity contribution is -0.870. The molecule has 0 spiro atoms. The quantitative estimate of drug-likeness (QED) is 0.0195. The molecule has 2 atom stereocenters. The van der Waals surface area contributed by atoms with E-state index in [1.807, 2.05) is 21.1 Å². The summed E-state index contributed by atoms with van der Waals surface area (Å²) in [6, 6.07) is 0. The lowest BCUT2D eigenvalue weighted by Gasteiger charge is -2.26. The number of likely N-dealkylation sites (N-methyl/N-ethyl adjacent to an activating group) is 1. The number of carbonyl (C=O) groups excluding carboxylic acids is 3. The van der Waals surface area contributed by atoms with E-state index in [0.717, 1.165) is 77.0 Å². The van der Waals surface area contributed by atoms with Gasteiger partial charge in [0, 0.05) is 12.8 Å². The first-order valence-electron chi connectivity index (χ1n) is 33.9. The Morgan fingerprint density at radius 3 is 1.06 bits per heavy atom. The third kappa shape index (κ3) is 62.6. The van der Waals surface area contributed by atoms with E-state index in [0.29, 0.717) is 23.9 Å². The molecular formula is C71H129NO8. The van der Waals surface area contributed by atoms with Crippen LogP contribution in [0.15, 0.2) is 60.8 Å². The number of hydrogen-bond donors (Lipinski definition) is 0. The van der Waals surface area contributed by atoms with Crippen molar-refractivity contribution in [3.8, 4) is 0 Å². The van der Waals surface area contributed by atoms with E-state index >= 15 is 0 Å². The molecule has 0 bridgehead atoms. The molecule has 0 saturated carbocycles. The van der Waals surface area contributed by atoms with Crippen LogP contribution < -0.4 is 5.11 Å². The van der Waals surface area contributed by atoms with Gasteiger partial charge in [-0.3, -0.25) is 9.59 Å². The largest absolute Gasteiger partial charge is 0.545 e. The number of nitrogens with zero attached hydrogens (tertiary/aromatic N) is 1. The summed E-state index contributed by atoms with van der Waals surface area (Å²) in [5.41, 5.74) is 0. The van der Waals surface area contributed by atoms with Gasteiger partial charge in [0.25, 0.3) is 0 Å². The second-order valence-electron chi connectivity index (χ2n) is 24.1. The monoisotopic (exact) mass is 1120 g/mol. The molecule has 0 N–H and O–H groups in total. The van der Waals surface area contributed by atoms with Crippen LogP contribution in [0.5, 0.6) is 0 Å². The fourth-order valence-corrected chi connectivity index (χ4v) is 9.86. The van der Waals surface area contributed by atoms with Crippen molar-refractivity contribution >= 4 is 17.9 Å². The first kappa shape index (κ1) is 77.0. The summed E-state index contributed by atoms with van der Waals surface area (Å²) in [4.78, 5) is 37.5. The van der Waals surface area contributed by atoms with Crippen molar-refractivity contribution in [3.63, 3.8) is 0 Å². The maximum absolute atomic E-state index is 12.9. The van der Waals surface area contributed by atoms with E-state index < -0.39 is 24.3 Å². The van der Waals surface area contributed by atoms with E-state index in [4.69, 9.17) is 18.9 Å². The van der Waals surface area contributed by atoms with Crippen LogP contribution in [-0.4, -0.2) is 82.3 Å². The number of carboxylic acids is 1. The highest BCUT2D eigenvalue weighted by atomic mass is 16.7. The van der Waals surface area contributed by atoms with E-state index in [-0.39, 0.29) is 32.2 Å². The summed E-state index contributed by atoms with van der Waals surface area (Å²) in [6.07, 6.45) is 77.2. The number of ether oxygens (including phenoxy) is 4. The number of carboxylic acid groups (broad SMARTS) is 1. The van der Waals surface area contributed by atoms with Gasteiger partial charge < -0.3 is 33.3 Å². The number of allylic oxidation sites excluding steroid dienone is 10. The van der Waals surface area contributed by atoms with Crippen LogP contribution >= 0.6 is 0 Å². The van der Waals surface area contributed by atoms with Crippen LogP contribution in [0.2, 0.25) is 0 Å². The van der Waals surface area contributed by atoms with Gasteiger partial charge in [0.15, 0.2) is 12.4 Å². The predicted octanol–water partition coefficient (Wildman–Crippen LogP) is 19.4. The lowest BCUT2D eigenvalue weighted by Crippen LogP contribution is -2.44. The highest BCUT2D eigenvalue weighted by molar-refractivity contribution is 5.70. The smallest absolute Gasteiger partial charge is 0.306 e. The molecule has 0 fully saturated rings. The van der Waals surface area contributed by atoms with Crippen LogP contribution in [0.25, 0.3) is 0 Å². The minimum Gasteiger partial charge on any atom is -0.545 e. The Labute approximate surface area is 495 Å². The number of carbonyl (C=O) groups is 3. The number of hydrogen-bond acceptors (Lipinski definition) is 8. The van der Waals surface area contributed by atoms with Gasteiger partial charge in [-0.15, -0.1) is 0 Å². The van der Waals surface area contributed by atoms with Crippen molar-refractivity contribution in [1.82, 2.24) is 0 Å². The summed E-state index contributed by atoms with van der Waals surface area (Å²) < 4.78 is 22.8. The average Bonchev–Trinajstić information content (AvgIpc) is 3.43. The van der Waals surface area contributed by atoms with E-state index in [1.54, 1.807) is 0 Å². The second-order valence-corrected chi connectivity index (χ2v) is 24.1. The highest BCUT2D eigenvalue weighted by Gasteiger charge is 2.22. The number of rotatable bonds is 63. The Hall–Kier alpha value is -3.01. The first-order chi connectivity index (χ1) is 39.1. The highest BCUT2D eigenvalue weighted by Crippen LogP contribution is 2.18. The van der Waals surface area contributed by atoms with Gasteiger partial charge in [-0.05, 0) is 57.8 Å². The van der Waals surface area contributed by atoms with Crippen molar-refractivity contribution in [2.75, 3.05) is 47.5 Å². The SMILES string of the molecule is CC/C=C\C/C=C\C/C=C\C/C=C\C/C=C\CCCCCCCCCCCCCC(=O)OC(COC(=O)CCCCCCCCCCCCCCCCCCCCCCCCCCCCCC)COC(OCC[N+](C)(C)C)C(=O)[O-]. The molecule has 0 aliphatic rings. The molecular weight excluding hydrogens is 995 g/mol. The molecule has 9 heteroatoms. The zero-order chi connectivity index (χ0) is 58.3.